The van der Waals surface area contributed by atoms with Crippen LogP contribution >= 0.6 is 0 Å². The van der Waals surface area contributed by atoms with Crippen LogP contribution in [0.4, 0.5) is 0 Å². The largest absolute Gasteiger partial charge is 0.492 e. The normalized spacial score (nSPS) is 9.74. The molecule has 0 radical (unpaired) electrons. The number of imidazole rings is 1. The van der Waals surface area contributed by atoms with E-state index in [0.29, 0.717) is 13.2 Å². The van der Waals surface area contributed by atoms with Crippen LogP contribution in [0.2, 0.25) is 0 Å². The minimum Gasteiger partial charge on any atom is -0.492 e. The van der Waals surface area contributed by atoms with Crippen LogP contribution in [0.3, 0.4) is 0 Å². The van der Waals surface area contributed by atoms with Gasteiger partial charge in [0.2, 0.25) is 0 Å². The second kappa shape index (κ2) is 7.19. The summed E-state index contributed by atoms with van der Waals surface area (Å²) in [6, 6.07) is 1.87. The van der Waals surface area contributed by atoms with Gasteiger partial charge in [0, 0.05) is 30.7 Å². The maximum Gasteiger partial charge on any atom is 0.138 e. The molecule has 0 amide bonds. The molecule has 0 aliphatic heterocycles. The molecule has 2 heterocycles. The van der Waals surface area contributed by atoms with Crippen LogP contribution in [0, 0.1) is 11.8 Å². The fraction of sp³-hybridized carbons (Fsp3) is 0.286. The zero-order valence-corrected chi connectivity index (χ0v) is 10.6. The zero-order valence-electron chi connectivity index (χ0n) is 10.6. The summed E-state index contributed by atoms with van der Waals surface area (Å²) in [7, 11) is 0. The van der Waals surface area contributed by atoms with Gasteiger partial charge in [-0.05, 0) is 12.5 Å². The van der Waals surface area contributed by atoms with Crippen LogP contribution in [-0.4, -0.2) is 27.7 Å². The van der Waals surface area contributed by atoms with Crippen molar-refractivity contribution < 1.29 is 4.74 Å². The summed E-state index contributed by atoms with van der Waals surface area (Å²) in [6.07, 6.45) is 9.79. The van der Waals surface area contributed by atoms with Crippen molar-refractivity contribution in [2.75, 3.05) is 13.2 Å². The fourth-order valence-electron chi connectivity index (χ4n) is 1.58. The lowest BCUT2D eigenvalue weighted by Crippen LogP contribution is -2.03. The lowest BCUT2D eigenvalue weighted by Gasteiger charge is -2.06. The fourth-order valence-corrected chi connectivity index (χ4v) is 1.58. The van der Waals surface area contributed by atoms with E-state index >= 15 is 0 Å². The molecule has 2 aromatic heterocycles. The molecule has 0 aliphatic rings. The Hall–Kier alpha value is -2.32. The average Bonchev–Trinajstić information content (AvgIpc) is 2.95. The van der Waals surface area contributed by atoms with Crippen LogP contribution in [0.25, 0.3) is 0 Å². The van der Waals surface area contributed by atoms with E-state index in [4.69, 9.17) is 10.5 Å². The lowest BCUT2D eigenvalue weighted by molar-refractivity contribution is 0.300. The molecule has 0 spiro atoms. The van der Waals surface area contributed by atoms with Gasteiger partial charge in [0.15, 0.2) is 0 Å². The third-order valence-corrected chi connectivity index (χ3v) is 2.44. The van der Waals surface area contributed by atoms with Gasteiger partial charge in [-0.2, -0.15) is 0 Å². The first kappa shape index (κ1) is 13.1. The molecule has 5 heteroatoms. The third-order valence-electron chi connectivity index (χ3n) is 2.44. The molecule has 2 aromatic rings. The number of ether oxygens (including phenoxy) is 1. The summed E-state index contributed by atoms with van der Waals surface area (Å²) >= 11 is 0. The number of hydrogen-bond donors (Lipinski definition) is 1. The summed E-state index contributed by atoms with van der Waals surface area (Å²) in [6.45, 7) is 1.86. The first-order chi connectivity index (χ1) is 9.38. The van der Waals surface area contributed by atoms with Gasteiger partial charge in [0.25, 0.3) is 0 Å². The van der Waals surface area contributed by atoms with Crippen molar-refractivity contribution in [3.05, 3.63) is 42.7 Å². The number of nitrogens with two attached hydrogens (primary N) is 1. The first-order valence-corrected chi connectivity index (χ1v) is 6.11. The van der Waals surface area contributed by atoms with E-state index in [-0.39, 0.29) is 0 Å². The summed E-state index contributed by atoms with van der Waals surface area (Å²) < 4.78 is 7.65. The van der Waals surface area contributed by atoms with Gasteiger partial charge in [0.1, 0.15) is 5.75 Å². The predicted molar refractivity (Wildman–Crippen MR) is 72.5 cm³/mol. The molecule has 2 N–H and O–H groups in total. The first-order valence-electron chi connectivity index (χ1n) is 6.11. The molecule has 0 bridgehead atoms. The van der Waals surface area contributed by atoms with E-state index in [2.05, 4.69) is 21.8 Å². The van der Waals surface area contributed by atoms with Crippen LogP contribution < -0.4 is 10.5 Å². The second-order valence-electron chi connectivity index (χ2n) is 3.92. The molecule has 0 saturated heterocycles. The maximum absolute atomic E-state index is 5.63. The Morgan fingerprint density at radius 3 is 3.05 bits per heavy atom. The summed E-state index contributed by atoms with van der Waals surface area (Å²) in [4.78, 5) is 8.07. The van der Waals surface area contributed by atoms with Gasteiger partial charge < -0.3 is 15.0 Å². The molecule has 19 heavy (non-hydrogen) atoms. The second-order valence-corrected chi connectivity index (χ2v) is 3.92. The van der Waals surface area contributed by atoms with Crippen LogP contribution in [-0.2, 0) is 6.54 Å². The zero-order chi connectivity index (χ0) is 13.3. The number of nitrogens with zero attached hydrogens (tertiary/aromatic N) is 3. The Labute approximate surface area is 112 Å². The molecular weight excluding hydrogens is 240 g/mol. The molecule has 2 rings (SSSR count). The van der Waals surface area contributed by atoms with E-state index in [0.717, 1.165) is 24.3 Å². The van der Waals surface area contributed by atoms with Gasteiger partial charge >= 0.3 is 0 Å². The van der Waals surface area contributed by atoms with Gasteiger partial charge in [-0.15, -0.1) is 0 Å². The Bertz CT molecular complexity index is 554. The van der Waals surface area contributed by atoms with E-state index in [1.807, 2.05) is 16.8 Å². The van der Waals surface area contributed by atoms with Crippen molar-refractivity contribution in [1.29, 1.82) is 0 Å². The maximum atomic E-state index is 5.63. The molecule has 0 atom stereocenters. The Balaban J connectivity index is 1.79. The highest BCUT2D eigenvalue weighted by Gasteiger charge is 1.96. The van der Waals surface area contributed by atoms with Crippen molar-refractivity contribution in [2.24, 2.45) is 5.73 Å². The molecule has 0 fully saturated rings. The predicted octanol–water partition coefficient (Wildman–Crippen LogP) is 1.06. The Morgan fingerprint density at radius 1 is 1.32 bits per heavy atom. The molecule has 0 aliphatic carbocycles. The molecule has 0 saturated carbocycles. The number of aromatic nitrogens is 3. The van der Waals surface area contributed by atoms with E-state index in [9.17, 15) is 0 Å². The number of hydrogen-bond acceptors (Lipinski definition) is 4. The molecular formula is C14H16N4O. The van der Waals surface area contributed by atoms with Crippen molar-refractivity contribution in [2.45, 2.75) is 13.0 Å². The highest BCUT2D eigenvalue weighted by Crippen LogP contribution is 2.10. The van der Waals surface area contributed by atoms with Gasteiger partial charge in [-0.1, -0.05) is 11.8 Å². The van der Waals surface area contributed by atoms with E-state index in [1.165, 1.54) is 0 Å². The minimum absolute atomic E-state index is 0.343. The van der Waals surface area contributed by atoms with Crippen LogP contribution in [0.5, 0.6) is 5.75 Å². The van der Waals surface area contributed by atoms with Crippen molar-refractivity contribution in [1.82, 2.24) is 14.5 Å². The quantitative estimate of drug-likeness (QED) is 0.641. The Kier molecular flexibility index (Phi) is 4.96. The highest BCUT2D eigenvalue weighted by atomic mass is 16.5. The molecule has 98 valence electrons. The van der Waals surface area contributed by atoms with E-state index < -0.39 is 0 Å². The smallest absolute Gasteiger partial charge is 0.138 e. The molecule has 0 unspecified atom stereocenters. The van der Waals surface area contributed by atoms with Gasteiger partial charge in [-0.3, -0.25) is 4.98 Å². The summed E-state index contributed by atoms with van der Waals surface area (Å²) in [5.74, 6) is 6.45. The summed E-state index contributed by atoms with van der Waals surface area (Å²) in [5, 5.41) is 0. The number of rotatable bonds is 5. The lowest BCUT2D eigenvalue weighted by atomic mass is 10.3. The Morgan fingerprint density at radius 2 is 2.26 bits per heavy atom. The number of pyridine rings is 1. The molecule has 5 nitrogen and oxygen atoms in total. The topological polar surface area (TPSA) is 66.0 Å². The van der Waals surface area contributed by atoms with Gasteiger partial charge in [-0.25, -0.2) is 4.98 Å². The third kappa shape index (κ3) is 4.45. The minimum atomic E-state index is 0.343. The standard InChI is InChI=1S/C14H16N4O/c15-4-1-3-13-9-14(11-17-10-13)19-8-2-6-18-7-5-16-12-18/h5,7,9-12H,2,4,6,8,15H2. The van der Waals surface area contributed by atoms with E-state index in [1.54, 1.807) is 24.9 Å². The van der Waals surface area contributed by atoms with Crippen LogP contribution in [0.15, 0.2) is 37.2 Å². The highest BCUT2D eigenvalue weighted by molar-refractivity contribution is 5.36. The van der Waals surface area contributed by atoms with Crippen molar-refractivity contribution >= 4 is 0 Å². The SMILES string of the molecule is NCC#Cc1cncc(OCCCn2ccnc2)c1. The average molecular weight is 256 g/mol. The van der Waals surface area contributed by atoms with Crippen LogP contribution in [0.1, 0.15) is 12.0 Å². The molecule has 0 aromatic carbocycles. The number of aryl methyl sites for hydroxylation is 1. The monoisotopic (exact) mass is 256 g/mol. The van der Waals surface area contributed by atoms with Gasteiger partial charge in [0.05, 0.1) is 25.7 Å². The summed E-state index contributed by atoms with van der Waals surface area (Å²) in [5.41, 5.74) is 6.14. The van der Waals surface area contributed by atoms with Crippen molar-refractivity contribution in [3.8, 4) is 17.6 Å². The van der Waals surface area contributed by atoms with Crippen molar-refractivity contribution in [3.63, 3.8) is 0 Å².